The maximum atomic E-state index is 12.7. The van der Waals surface area contributed by atoms with Crippen LogP contribution in [0.15, 0.2) is 77.9 Å². The molecule has 0 aliphatic rings. The van der Waals surface area contributed by atoms with E-state index in [4.69, 9.17) is 4.74 Å². The molecule has 3 aromatic carbocycles. The quantitative estimate of drug-likeness (QED) is 0.425. The molecule has 0 bridgehead atoms. The number of alkyl halides is 3. The Morgan fingerprint density at radius 1 is 0.926 bits per heavy atom. The normalized spacial score (nSPS) is 11.6. The van der Waals surface area contributed by atoms with Gasteiger partial charge in [0.2, 0.25) is 0 Å². The summed E-state index contributed by atoms with van der Waals surface area (Å²) in [6.07, 6.45) is -2.86. The summed E-state index contributed by atoms with van der Waals surface area (Å²) in [5.41, 5.74) is 3.97. The third-order valence-corrected chi connectivity index (χ3v) is 3.80. The molecule has 27 heavy (non-hydrogen) atoms. The topological polar surface area (TPSA) is 33.6 Å². The van der Waals surface area contributed by atoms with E-state index in [1.165, 1.54) is 18.3 Å². The fourth-order valence-electron chi connectivity index (χ4n) is 2.37. The van der Waals surface area contributed by atoms with Crippen molar-refractivity contribution in [1.82, 2.24) is 0 Å². The Morgan fingerprint density at radius 3 is 2.37 bits per heavy atom. The minimum Gasteiger partial charge on any atom is -0.457 e. The summed E-state index contributed by atoms with van der Waals surface area (Å²) >= 11 is 0. The molecule has 0 spiro atoms. The van der Waals surface area contributed by atoms with Gasteiger partial charge in [-0.1, -0.05) is 24.3 Å². The van der Waals surface area contributed by atoms with Crippen LogP contribution < -0.4 is 10.2 Å². The second-order valence-electron chi connectivity index (χ2n) is 5.89. The number of anilines is 1. The minimum absolute atomic E-state index is 0.264. The highest BCUT2D eigenvalue weighted by molar-refractivity contribution is 5.80. The molecule has 0 atom stereocenters. The first kappa shape index (κ1) is 18.5. The number of benzene rings is 3. The summed E-state index contributed by atoms with van der Waals surface area (Å²) in [7, 11) is 0. The Morgan fingerprint density at radius 2 is 1.67 bits per heavy atom. The number of nitrogens with one attached hydrogen (secondary N) is 1. The number of nitrogens with zero attached hydrogens (tertiary/aromatic N) is 1. The average Bonchev–Trinajstić information content (AvgIpc) is 2.65. The second kappa shape index (κ2) is 7.95. The van der Waals surface area contributed by atoms with Crippen molar-refractivity contribution in [1.29, 1.82) is 0 Å². The Kier molecular flexibility index (Phi) is 5.45. The maximum Gasteiger partial charge on any atom is 0.416 e. The predicted molar refractivity (Wildman–Crippen MR) is 100 cm³/mol. The standard InChI is InChI=1S/C21H17F3N2O/c1-15-5-2-3-8-20(15)27-19-11-9-16(10-12-19)14-25-26-18-7-4-6-17(13-18)21(22,23)24/h2-14,26H,1H3. The first-order valence-electron chi connectivity index (χ1n) is 8.22. The Balaban J connectivity index is 1.62. The molecule has 3 nitrogen and oxygen atoms in total. The lowest BCUT2D eigenvalue weighted by atomic mass is 10.2. The molecule has 0 radical (unpaired) electrons. The number of aryl methyl sites for hydroxylation is 1. The number of para-hydroxylation sites is 1. The molecule has 0 saturated heterocycles. The van der Waals surface area contributed by atoms with Crippen LogP contribution in [0.4, 0.5) is 18.9 Å². The van der Waals surface area contributed by atoms with E-state index in [-0.39, 0.29) is 5.69 Å². The smallest absolute Gasteiger partial charge is 0.416 e. The largest absolute Gasteiger partial charge is 0.457 e. The van der Waals surface area contributed by atoms with Crippen molar-refractivity contribution in [3.05, 3.63) is 89.5 Å². The molecule has 0 aliphatic carbocycles. The lowest BCUT2D eigenvalue weighted by Crippen LogP contribution is -2.05. The van der Waals surface area contributed by atoms with Gasteiger partial charge >= 0.3 is 6.18 Å². The zero-order chi connectivity index (χ0) is 19.3. The van der Waals surface area contributed by atoms with Crippen LogP contribution in [0.2, 0.25) is 0 Å². The Labute approximate surface area is 155 Å². The molecule has 138 valence electrons. The minimum atomic E-state index is -4.38. The predicted octanol–water partition coefficient (Wildman–Crippen LogP) is 6.25. The summed E-state index contributed by atoms with van der Waals surface area (Å²) in [5, 5.41) is 3.98. The molecular formula is C21H17F3N2O. The zero-order valence-electron chi connectivity index (χ0n) is 14.5. The van der Waals surface area contributed by atoms with Gasteiger partial charge in [-0.05, 0) is 66.6 Å². The van der Waals surface area contributed by atoms with Gasteiger partial charge < -0.3 is 4.74 Å². The lowest BCUT2D eigenvalue weighted by molar-refractivity contribution is -0.137. The van der Waals surface area contributed by atoms with E-state index in [9.17, 15) is 13.2 Å². The summed E-state index contributed by atoms with van der Waals surface area (Å²) in [4.78, 5) is 0. The van der Waals surface area contributed by atoms with Gasteiger partial charge in [0.1, 0.15) is 11.5 Å². The summed E-state index contributed by atoms with van der Waals surface area (Å²) in [5.74, 6) is 1.47. The summed E-state index contributed by atoms with van der Waals surface area (Å²) < 4.78 is 43.9. The van der Waals surface area contributed by atoms with Crippen molar-refractivity contribution in [3.8, 4) is 11.5 Å². The van der Waals surface area contributed by atoms with E-state index < -0.39 is 11.7 Å². The highest BCUT2D eigenvalue weighted by Gasteiger charge is 2.30. The van der Waals surface area contributed by atoms with Crippen LogP contribution in [0.25, 0.3) is 0 Å². The maximum absolute atomic E-state index is 12.7. The highest BCUT2D eigenvalue weighted by atomic mass is 19.4. The molecule has 0 heterocycles. The van der Waals surface area contributed by atoms with Crippen molar-refractivity contribution in [2.45, 2.75) is 13.1 Å². The van der Waals surface area contributed by atoms with Gasteiger partial charge in [-0.25, -0.2) is 0 Å². The van der Waals surface area contributed by atoms with Gasteiger partial charge in [-0.15, -0.1) is 0 Å². The van der Waals surface area contributed by atoms with Gasteiger partial charge in [0.15, 0.2) is 0 Å². The molecule has 0 amide bonds. The highest BCUT2D eigenvalue weighted by Crippen LogP contribution is 2.30. The molecule has 0 saturated carbocycles. The average molecular weight is 370 g/mol. The first-order valence-corrected chi connectivity index (χ1v) is 8.22. The fourth-order valence-corrected chi connectivity index (χ4v) is 2.37. The van der Waals surface area contributed by atoms with E-state index in [1.807, 2.05) is 43.3 Å². The zero-order valence-corrected chi connectivity index (χ0v) is 14.5. The van der Waals surface area contributed by atoms with Gasteiger partial charge in [0.05, 0.1) is 17.5 Å². The molecule has 1 N–H and O–H groups in total. The summed E-state index contributed by atoms with van der Waals surface area (Å²) in [6.45, 7) is 1.97. The van der Waals surface area contributed by atoms with Gasteiger partial charge in [-0.2, -0.15) is 18.3 Å². The number of halogens is 3. The number of hydrogen-bond acceptors (Lipinski definition) is 3. The van der Waals surface area contributed by atoms with Crippen LogP contribution in [0.1, 0.15) is 16.7 Å². The molecular weight excluding hydrogens is 353 g/mol. The van der Waals surface area contributed by atoms with Crippen molar-refractivity contribution < 1.29 is 17.9 Å². The number of ether oxygens (including phenoxy) is 1. The van der Waals surface area contributed by atoms with Gasteiger partial charge in [-0.3, -0.25) is 5.43 Å². The third-order valence-electron chi connectivity index (χ3n) is 3.80. The van der Waals surface area contributed by atoms with E-state index >= 15 is 0 Å². The van der Waals surface area contributed by atoms with E-state index in [0.717, 1.165) is 29.0 Å². The lowest BCUT2D eigenvalue weighted by Gasteiger charge is -2.08. The van der Waals surface area contributed by atoms with Crippen molar-refractivity contribution in [2.24, 2.45) is 5.10 Å². The third kappa shape index (κ3) is 5.10. The van der Waals surface area contributed by atoms with Crippen LogP contribution in [0.3, 0.4) is 0 Å². The van der Waals surface area contributed by atoms with E-state index in [1.54, 1.807) is 12.1 Å². The molecule has 0 unspecified atom stereocenters. The summed E-state index contributed by atoms with van der Waals surface area (Å²) in [6, 6.07) is 19.8. The molecule has 3 rings (SSSR count). The number of hydrogen-bond donors (Lipinski definition) is 1. The second-order valence-corrected chi connectivity index (χ2v) is 5.89. The van der Waals surface area contributed by atoms with E-state index in [2.05, 4.69) is 10.5 Å². The SMILES string of the molecule is Cc1ccccc1Oc1ccc(C=NNc2cccc(C(F)(F)F)c2)cc1. The Hall–Kier alpha value is -3.28. The van der Waals surface area contributed by atoms with E-state index in [0.29, 0.717) is 5.75 Å². The van der Waals surface area contributed by atoms with Crippen LogP contribution in [-0.4, -0.2) is 6.21 Å². The molecule has 0 aromatic heterocycles. The van der Waals surface area contributed by atoms with Crippen LogP contribution in [-0.2, 0) is 6.18 Å². The fraction of sp³-hybridized carbons (Fsp3) is 0.0952. The van der Waals surface area contributed by atoms with Gasteiger partial charge in [0.25, 0.3) is 0 Å². The monoisotopic (exact) mass is 370 g/mol. The van der Waals surface area contributed by atoms with Crippen LogP contribution in [0.5, 0.6) is 11.5 Å². The van der Waals surface area contributed by atoms with Crippen molar-refractivity contribution in [3.63, 3.8) is 0 Å². The van der Waals surface area contributed by atoms with Crippen LogP contribution in [0, 0.1) is 6.92 Å². The number of rotatable bonds is 5. The van der Waals surface area contributed by atoms with Gasteiger partial charge in [0, 0.05) is 0 Å². The molecule has 0 aliphatic heterocycles. The first-order chi connectivity index (χ1) is 12.9. The molecule has 0 fully saturated rings. The number of hydrazone groups is 1. The molecule has 6 heteroatoms. The Bertz CT molecular complexity index is 935. The van der Waals surface area contributed by atoms with Crippen molar-refractivity contribution in [2.75, 3.05) is 5.43 Å². The molecule has 3 aromatic rings. The van der Waals surface area contributed by atoms with Crippen LogP contribution >= 0.6 is 0 Å². The van der Waals surface area contributed by atoms with Crippen molar-refractivity contribution >= 4 is 11.9 Å².